The minimum Gasteiger partial charge on any atom is -0.493 e. The molecule has 0 unspecified atom stereocenters. The molecule has 0 N–H and O–H groups in total. The molecule has 26 heavy (non-hydrogen) atoms. The standard InChI is InChI=1S/C22H24O4/c1-14(15-6-9-19(24-4)20(13-15)25-5)21(23)17-7-8-18-16(12-17)10-11-22(2,3)26-18/h6-14H,1-5H3/t14-/m1/s1. The number of methoxy groups -OCH3 is 2. The monoisotopic (exact) mass is 352 g/mol. The molecule has 136 valence electrons. The van der Waals surface area contributed by atoms with Crippen LogP contribution in [0.25, 0.3) is 6.08 Å². The van der Waals surface area contributed by atoms with Gasteiger partial charge in [0.15, 0.2) is 17.3 Å². The lowest BCUT2D eigenvalue weighted by atomic mass is 9.90. The first-order chi connectivity index (χ1) is 12.3. The van der Waals surface area contributed by atoms with Crippen molar-refractivity contribution in [1.82, 2.24) is 0 Å². The van der Waals surface area contributed by atoms with Gasteiger partial charge in [-0.25, -0.2) is 0 Å². The molecule has 0 radical (unpaired) electrons. The lowest BCUT2D eigenvalue weighted by Gasteiger charge is -2.28. The van der Waals surface area contributed by atoms with E-state index in [9.17, 15) is 4.79 Å². The summed E-state index contributed by atoms with van der Waals surface area (Å²) in [7, 11) is 3.18. The van der Waals surface area contributed by atoms with E-state index in [1.165, 1.54) is 0 Å². The van der Waals surface area contributed by atoms with Gasteiger partial charge in [-0.15, -0.1) is 0 Å². The fraction of sp³-hybridized carbons (Fsp3) is 0.318. The van der Waals surface area contributed by atoms with Crippen LogP contribution >= 0.6 is 0 Å². The van der Waals surface area contributed by atoms with E-state index in [0.29, 0.717) is 17.1 Å². The van der Waals surface area contributed by atoms with Crippen LogP contribution in [0, 0.1) is 0 Å². The third-order valence-electron chi connectivity index (χ3n) is 4.63. The van der Waals surface area contributed by atoms with Crippen LogP contribution in [0.15, 0.2) is 42.5 Å². The molecule has 1 heterocycles. The number of hydrogen-bond donors (Lipinski definition) is 0. The van der Waals surface area contributed by atoms with Gasteiger partial charge in [0.2, 0.25) is 0 Å². The zero-order valence-electron chi connectivity index (χ0n) is 15.8. The average Bonchev–Trinajstić information content (AvgIpc) is 2.65. The van der Waals surface area contributed by atoms with Crippen LogP contribution in [0.1, 0.15) is 48.2 Å². The first-order valence-electron chi connectivity index (χ1n) is 8.63. The molecule has 0 fully saturated rings. The fourth-order valence-electron chi connectivity index (χ4n) is 3.06. The maximum absolute atomic E-state index is 13.0. The Morgan fingerprint density at radius 3 is 2.46 bits per heavy atom. The molecular weight excluding hydrogens is 328 g/mol. The van der Waals surface area contributed by atoms with Crippen molar-refractivity contribution in [2.45, 2.75) is 32.3 Å². The zero-order valence-corrected chi connectivity index (χ0v) is 15.8. The number of benzene rings is 2. The van der Waals surface area contributed by atoms with E-state index in [2.05, 4.69) is 0 Å². The summed E-state index contributed by atoms with van der Waals surface area (Å²) in [5, 5.41) is 0. The van der Waals surface area contributed by atoms with E-state index < -0.39 is 0 Å². The van der Waals surface area contributed by atoms with Gasteiger partial charge >= 0.3 is 0 Å². The summed E-state index contributed by atoms with van der Waals surface area (Å²) in [6.45, 7) is 5.91. The predicted octanol–water partition coefficient (Wildman–Crippen LogP) is 4.87. The Bertz CT molecular complexity index is 864. The van der Waals surface area contributed by atoms with Crippen molar-refractivity contribution < 1.29 is 19.0 Å². The molecule has 1 aliphatic heterocycles. The third kappa shape index (κ3) is 3.45. The van der Waals surface area contributed by atoms with Gasteiger partial charge in [0, 0.05) is 17.0 Å². The number of ether oxygens (including phenoxy) is 3. The van der Waals surface area contributed by atoms with E-state index in [4.69, 9.17) is 14.2 Å². The second-order valence-electron chi connectivity index (χ2n) is 6.99. The first kappa shape index (κ1) is 18.1. The molecule has 2 aromatic rings. The molecule has 4 nitrogen and oxygen atoms in total. The summed E-state index contributed by atoms with van der Waals surface area (Å²) in [6, 6.07) is 11.2. The zero-order chi connectivity index (χ0) is 18.9. The van der Waals surface area contributed by atoms with E-state index in [-0.39, 0.29) is 17.3 Å². The molecule has 1 atom stereocenters. The first-order valence-corrected chi connectivity index (χ1v) is 8.63. The Kier molecular flexibility index (Phi) is 4.77. The molecule has 0 saturated carbocycles. The normalized spacial score (nSPS) is 15.6. The second-order valence-corrected chi connectivity index (χ2v) is 6.99. The van der Waals surface area contributed by atoms with Gasteiger partial charge in [-0.2, -0.15) is 0 Å². The van der Waals surface area contributed by atoms with Crippen LogP contribution in [0.4, 0.5) is 0 Å². The van der Waals surface area contributed by atoms with Crippen molar-refractivity contribution in [3.63, 3.8) is 0 Å². The molecule has 0 amide bonds. The predicted molar refractivity (Wildman–Crippen MR) is 102 cm³/mol. The number of carbonyl (C=O) groups excluding carboxylic acids is 1. The summed E-state index contributed by atoms with van der Waals surface area (Å²) >= 11 is 0. The van der Waals surface area contributed by atoms with Crippen molar-refractivity contribution in [2.75, 3.05) is 14.2 Å². The van der Waals surface area contributed by atoms with Crippen molar-refractivity contribution in [3.05, 3.63) is 59.2 Å². The molecule has 0 bridgehead atoms. The molecule has 0 aliphatic carbocycles. The van der Waals surface area contributed by atoms with Gasteiger partial charge in [0.05, 0.1) is 14.2 Å². The van der Waals surface area contributed by atoms with E-state index >= 15 is 0 Å². The van der Waals surface area contributed by atoms with E-state index in [0.717, 1.165) is 16.9 Å². The van der Waals surface area contributed by atoms with Crippen LogP contribution < -0.4 is 14.2 Å². The van der Waals surface area contributed by atoms with Crippen LogP contribution in [0.2, 0.25) is 0 Å². The molecule has 4 heteroatoms. The maximum Gasteiger partial charge on any atom is 0.170 e. The molecule has 0 spiro atoms. The number of Topliss-reactive ketones (excluding diaryl/α,β-unsaturated/α-hetero) is 1. The molecule has 1 aliphatic rings. The van der Waals surface area contributed by atoms with Gasteiger partial charge in [0.25, 0.3) is 0 Å². The number of carbonyl (C=O) groups is 1. The molecule has 0 aromatic heterocycles. The minimum absolute atomic E-state index is 0.0539. The fourth-order valence-corrected chi connectivity index (χ4v) is 3.06. The van der Waals surface area contributed by atoms with Gasteiger partial charge in [-0.3, -0.25) is 4.79 Å². The maximum atomic E-state index is 13.0. The van der Waals surface area contributed by atoms with Crippen molar-refractivity contribution in [3.8, 4) is 17.2 Å². The summed E-state index contributed by atoms with van der Waals surface area (Å²) in [4.78, 5) is 13.0. The van der Waals surface area contributed by atoms with Crippen LogP contribution in [0.5, 0.6) is 17.2 Å². The van der Waals surface area contributed by atoms with Crippen LogP contribution in [-0.4, -0.2) is 25.6 Å². The Morgan fingerprint density at radius 1 is 1.04 bits per heavy atom. The molecule has 3 rings (SSSR count). The highest BCUT2D eigenvalue weighted by Crippen LogP contribution is 2.34. The van der Waals surface area contributed by atoms with Gasteiger partial charge in [0.1, 0.15) is 11.4 Å². The number of rotatable bonds is 5. The number of hydrogen-bond acceptors (Lipinski definition) is 4. The number of ketones is 1. The van der Waals surface area contributed by atoms with E-state index in [1.54, 1.807) is 14.2 Å². The van der Waals surface area contributed by atoms with Gasteiger partial charge in [-0.1, -0.05) is 19.1 Å². The largest absolute Gasteiger partial charge is 0.493 e. The summed E-state index contributed by atoms with van der Waals surface area (Å²) in [5.74, 6) is 1.83. The minimum atomic E-state index is -0.328. The molecule has 2 aromatic carbocycles. The van der Waals surface area contributed by atoms with Crippen molar-refractivity contribution in [1.29, 1.82) is 0 Å². The Hall–Kier alpha value is -2.75. The van der Waals surface area contributed by atoms with Gasteiger partial charge in [-0.05, 0) is 55.8 Å². The Morgan fingerprint density at radius 2 is 1.77 bits per heavy atom. The average molecular weight is 352 g/mol. The van der Waals surface area contributed by atoms with Gasteiger partial charge < -0.3 is 14.2 Å². The quantitative estimate of drug-likeness (QED) is 0.720. The highest BCUT2D eigenvalue weighted by Gasteiger charge is 2.24. The number of fused-ring (bicyclic) bond motifs is 1. The topological polar surface area (TPSA) is 44.8 Å². The summed E-state index contributed by atoms with van der Waals surface area (Å²) < 4.78 is 16.5. The smallest absolute Gasteiger partial charge is 0.170 e. The Balaban J connectivity index is 1.88. The summed E-state index contributed by atoms with van der Waals surface area (Å²) in [6.07, 6.45) is 4.01. The van der Waals surface area contributed by atoms with Crippen LogP contribution in [0.3, 0.4) is 0 Å². The van der Waals surface area contributed by atoms with E-state index in [1.807, 2.05) is 69.3 Å². The van der Waals surface area contributed by atoms with Crippen LogP contribution in [-0.2, 0) is 0 Å². The lowest BCUT2D eigenvalue weighted by Crippen LogP contribution is -2.27. The third-order valence-corrected chi connectivity index (χ3v) is 4.63. The Labute approximate surface area is 154 Å². The van der Waals surface area contributed by atoms with Crippen molar-refractivity contribution >= 4 is 11.9 Å². The molecule has 0 saturated heterocycles. The SMILES string of the molecule is COc1ccc([C@@H](C)C(=O)c2ccc3c(c2)C=CC(C)(C)O3)cc1OC. The second kappa shape index (κ2) is 6.87. The summed E-state index contributed by atoms with van der Waals surface area (Å²) in [5.41, 5.74) is 2.15. The highest BCUT2D eigenvalue weighted by atomic mass is 16.5. The van der Waals surface area contributed by atoms with Crippen molar-refractivity contribution in [2.24, 2.45) is 0 Å². The highest BCUT2D eigenvalue weighted by molar-refractivity contribution is 6.01. The molecular formula is C22H24O4. The lowest BCUT2D eigenvalue weighted by molar-refractivity contribution is 0.0966.